The number of benzene rings is 1. The molecule has 1 aromatic carbocycles. The number of piperidine rings is 1. The third kappa shape index (κ3) is 4.42. The van der Waals surface area contributed by atoms with E-state index in [0.29, 0.717) is 23.5 Å². The molecule has 1 fully saturated rings. The minimum atomic E-state index is -0.109. The lowest BCUT2D eigenvalue weighted by molar-refractivity contribution is 0.0951. The molecule has 1 aliphatic rings. The van der Waals surface area contributed by atoms with Crippen molar-refractivity contribution in [2.45, 2.75) is 25.7 Å². The Bertz CT molecular complexity index is 435. The molecule has 0 aliphatic carbocycles. The Morgan fingerprint density at radius 3 is 2.40 bits per heavy atom. The van der Waals surface area contributed by atoms with Gasteiger partial charge in [-0.05, 0) is 57.1 Å². The predicted molar refractivity (Wildman–Crippen MR) is 82.5 cm³/mol. The molecule has 0 atom stereocenters. The fraction of sp³-hybridized carbons (Fsp3) is 0.533. The first-order valence-electron chi connectivity index (χ1n) is 7.32. The predicted octanol–water partition coefficient (Wildman–Crippen LogP) is 1.46. The van der Waals surface area contributed by atoms with Gasteiger partial charge in [-0.1, -0.05) is 6.42 Å². The van der Waals surface area contributed by atoms with E-state index in [1.165, 1.54) is 32.4 Å². The number of carbonyl (C=O) groups excluding carboxylic acids is 1. The Hall–Kier alpha value is -1.75. The van der Waals surface area contributed by atoms with E-state index in [4.69, 9.17) is 11.5 Å². The molecule has 110 valence electrons. The molecule has 0 bridgehead atoms. The number of hydrogen-bond acceptors (Lipinski definition) is 4. The fourth-order valence-electron chi connectivity index (χ4n) is 2.60. The van der Waals surface area contributed by atoms with E-state index < -0.39 is 0 Å². The van der Waals surface area contributed by atoms with E-state index in [2.05, 4.69) is 10.2 Å². The molecular weight excluding hydrogens is 252 g/mol. The normalized spacial score (nSPS) is 16.0. The van der Waals surface area contributed by atoms with Crippen LogP contribution in [0.25, 0.3) is 0 Å². The fourth-order valence-corrected chi connectivity index (χ4v) is 2.60. The quantitative estimate of drug-likeness (QED) is 0.561. The Kier molecular flexibility index (Phi) is 5.24. The van der Waals surface area contributed by atoms with Crippen LogP contribution in [-0.4, -0.2) is 37.0 Å². The highest BCUT2D eigenvalue weighted by atomic mass is 16.1. The van der Waals surface area contributed by atoms with Crippen molar-refractivity contribution in [2.24, 2.45) is 0 Å². The summed E-state index contributed by atoms with van der Waals surface area (Å²) in [6, 6.07) is 4.94. The van der Waals surface area contributed by atoms with Crippen LogP contribution in [0.4, 0.5) is 11.4 Å². The van der Waals surface area contributed by atoms with Crippen molar-refractivity contribution in [2.75, 3.05) is 37.6 Å². The van der Waals surface area contributed by atoms with Crippen LogP contribution in [0.5, 0.6) is 0 Å². The number of nitrogens with zero attached hydrogens (tertiary/aromatic N) is 1. The summed E-state index contributed by atoms with van der Waals surface area (Å²) >= 11 is 0. The highest BCUT2D eigenvalue weighted by Crippen LogP contribution is 2.13. The number of nitrogens with one attached hydrogen (secondary N) is 1. The molecule has 5 N–H and O–H groups in total. The topological polar surface area (TPSA) is 84.4 Å². The van der Waals surface area contributed by atoms with Crippen LogP contribution in [0.15, 0.2) is 18.2 Å². The zero-order valence-electron chi connectivity index (χ0n) is 11.9. The molecule has 0 radical (unpaired) electrons. The lowest BCUT2D eigenvalue weighted by atomic mass is 10.1. The molecule has 1 heterocycles. The smallest absolute Gasteiger partial charge is 0.251 e. The van der Waals surface area contributed by atoms with Crippen molar-refractivity contribution < 1.29 is 4.79 Å². The Labute approximate surface area is 120 Å². The maximum absolute atomic E-state index is 12.0. The lowest BCUT2D eigenvalue weighted by Crippen LogP contribution is -2.33. The van der Waals surface area contributed by atoms with Gasteiger partial charge in [-0.15, -0.1) is 0 Å². The number of rotatable bonds is 5. The van der Waals surface area contributed by atoms with Crippen LogP contribution in [0.2, 0.25) is 0 Å². The Morgan fingerprint density at radius 2 is 1.75 bits per heavy atom. The third-order valence-corrected chi connectivity index (χ3v) is 3.63. The maximum Gasteiger partial charge on any atom is 0.251 e. The van der Waals surface area contributed by atoms with Crippen molar-refractivity contribution >= 4 is 17.3 Å². The minimum absolute atomic E-state index is 0.109. The molecule has 1 saturated heterocycles. The highest BCUT2D eigenvalue weighted by Gasteiger charge is 2.10. The number of nitrogen functional groups attached to an aromatic ring is 2. The summed E-state index contributed by atoms with van der Waals surface area (Å²) in [5, 5.41) is 2.92. The lowest BCUT2D eigenvalue weighted by Gasteiger charge is -2.26. The summed E-state index contributed by atoms with van der Waals surface area (Å²) in [7, 11) is 0. The minimum Gasteiger partial charge on any atom is -0.399 e. The largest absolute Gasteiger partial charge is 0.399 e. The van der Waals surface area contributed by atoms with Gasteiger partial charge in [0.1, 0.15) is 0 Å². The number of hydrogen-bond donors (Lipinski definition) is 3. The molecule has 0 saturated carbocycles. The van der Waals surface area contributed by atoms with Gasteiger partial charge in [-0.2, -0.15) is 0 Å². The van der Waals surface area contributed by atoms with E-state index in [1.807, 2.05) is 0 Å². The number of likely N-dealkylation sites (tertiary alicyclic amines) is 1. The second-order valence-corrected chi connectivity index (χ2v) is 5.40. The van der Waals surface area contributed by atoms with Crippen LogP contribution in [0.1, 0.15) is 36.0 Å². The summed E-state index contributed by atoms with van der Waals surface area (Å²) in [5.41, 5.74) is 12.9. The van der Waals surface area contributed by atoms with Gasteiger partial charge >= 0.3 is 0 Å². The van der Waals surface area contributed by atoms with Gasteiger partial charge < -0.3 is 21.7 Å². The molecule has 2 rings (SSSR count). The number of amides is 1. The van der Waals surface area contributed by atoms with Gasteiger partial charge in [0.15, 0.2) is 0 Å². The molecule has 5 heteroatoms. The first-order valence-corrected chi connectivity index (χ1v) is 7.32. The Balaban J connectivity index is 1.71. The zero-order valence-corrected chi connectivity index (χ0v) is 11.9. The van der Waals surface area contributed by atoms with E-state index in [0.717, 1.165) is 13.0 Å². The number of carbonyl (C=O) groups is 1. The second-order valence-electron chi connectivity index (χ2n) is 5.40. The van der Waals surface area contributed by atoms with E-state index in [-0.39, 0.29) is 5.91 Å². The summed E-state index contributed by atoms with van der Waals surface area (Å²) in [6.45, 7) is 4.13. The van der Waals surface area contributed by atoms with Crippen LogP contribution in [-0.2, 0) is 0 Å². The SMILES string of the molecule is Nc1cc(N)cc(C(=O)NCCCN2CCCCC2)c1. The van der Waals surface area contributed by atoms with Crippen LogP contribution >= 0.6 is 0 Å². The molecule has 0 aromatic heterocycles. The Morgan fingerprint density at radius 1 is 1.10 bits per heavy atom. The zero-order chi connectivity index (χ0) is 14.4. The summed E-state index contributed by atoms with van der Waals surface area (Å²) in [5.74, 6) is -0.109. The van der Waals surface area contributed by atoms with Gasteiger partial charge in [-0.25, -0.2) is 0 Å². The monoisotopic (exact) mass is 276 g/mol. The number of anilines is 2. The molecule has 0 unspecified atom stereocenters. The van der Waals surface area contributed by atoms with E-state index in [1.54, 1.807) is 18.2 Å². The van der Waals surface area contributed by atoms with Crippen molar-refractivity contribution in [3.63, 3.8) is 0 Å². The molecular formula is C15H24N4O. The summed E-state index contributed by atoms with van der Waals surface area (Å²) < 4.78 is 0. The molecule has 0 spiro atoms. The van der Waals surface area contributed by atoms with Gasteiger partial charge in [0.2, 0.25) is 0 Å². The van der Waals surface area contributed by atoms with Crippen molar-refractivity contribution in [3.05, 3.63) is 23.8 Å². The van der Waals surface area contributed by atoms with Gasteiger partial charge in [0.05, 0.1) is 0 Å². The van der Waals surface area contributed by atoms with Crippen molar-refractivity contribution in [1.29, 1.82) is 0 Å². The van der Waals surface area contributed by atoms with Gasteiger partial charge in [0, 0.05) is 23.5 Å². The van der Waals surface area contributed by atoms with Crippen molar-refractivity contribution in [1.82, 2.24) is 10.2 Å². The molecule has 20 heavy (non-hydrogen) atoms. The average Bonchev–Trinajstić information content (AvgIpc) is 2.43. The second kappa shape index (κ2) is 7.14. The van der Waals surface area contributed by atoms with Crippen LogP contribution in [0.3, 0.4) is 0 Å². The molecule has 1 aliphatic heterocycles. The summed E-state index contributed by atoms with van der Waals surface area (Å²) in [6.07, 6.45) is 4.93. The average molecular weight is 276 g/mol. The third-order valence-electron chi connectivity index (χ3n) is 3.63. The van der Waals surface area contributed by atoms with E-state index >= 15 is 0 Å². The van der Waals surface area contributed by atoms with Crippen LogP contribution in [0, 0.1) is 0 Å². The molecule has 1 aromatic rings. The van der Waals surface area contributed by atoms with Crippen molar-refractivity contribution in [3.8, 4) is 0 Å². The first-order chi connectivity index (χ1) is 9.65. The van der Waals surface area contributed by atoms with Gasteiger partial charge in [0.25, 0.3) is 5.91 Å². The highest BCUT2D eigenvalue weighted by molar-refractivity contribution is 5.96. The van der Waals surface area contributed by atoms with E-state index in [9.17, 15) is 4.79 Å². The maximum atomic E-state index is 12.0. The molecule has 5 nitrogen and oxygen atoms in total. The number of nitrogens with two attached hydrogens (primary N) is 2. The first kappa shape index (κ1) is 14.7. The summed E-state index contributed by atoms with van der Waals surface area (Å²) in [4.78, 5) is 14.4. The molecule has 1 amide bonds. The van der Waals surface area contributed by atoms with Crippen LogP contribution < -0.4 is 16.8 Å². The van der Waals surface area contributed by atoms with Gasteiger partial charge in [-0.3, -0.25) is 4.79 Å². The standard InChI is InChI=1S/C15H24N4O/c16-13-9-12(10-14(17)11-13)15(20)18-5-4-8-19-6-2-1-3-7-19/h9-11H,1-8,16-17H2,(H,18,20).